The maximum absolute atomic E-state index is 5.56. The minimum absolute atomic E-state index is 0.399. The van der Waals surface area contributed by atoms with Crippen LogP contribution < -0.4 is 16.6 Å². The number of hydrogen-bond donors (Lipinski definition) is 3. The molecule has 14 heavy (non-hydrogen) atoms. The van der Waals surface area contributed by atoms with Crippen LogP contribution in [0.2, 0.25) is 0 Å². The Labute approximate surface area is 84.2 Å². The van der Waals surface area contributed by atoms with E-state index in [-0.39, 0.29) is 0 Å². The third kappa shape index (κ3) is 3.06. The molecule has 0 aliphatic heterocycles. The zero-order chi connectivity index (χ0) is 10.4. The first-order valence-electron chi connectivity index (χ1n) is 4.51. The number of hydrazine groups is 1. The second-order valence-corrected chi connectivity index (χ2v) is 3.00. The van der Waals surface area contributed by atoms with E-state index < -0.39 is 0 Å². The van der Waals surface area contributed by atoms with Gasteiger partial charge in [0, 0.05) is 7.05 Å². The Morgan fingerprint density at radius 2 is 2.14 bits per heavy atom. The van der Waals surface area contributed by atoms with Crippen molar-refractivity contribution in [3.63, 3.8) is 0 Å². The van der Waals surface area contributed by atoms with Crippen molar-refractivity contribution < 1.29 is 0 Å². The third-order valence-electron chi connectivity index (χ3n) is 1.93. The van der Waals surface area contributed by atoms with Crippen molar-refractivity contribution in [2.24, 2.45) is 10.7 Å². The summed E-state index contributed by atoms with van der Waals surface area (Å²) >= 11 is 0. The van der Waals surface area contributed by atoms with Crippen molar-refractivity contribution in [3.05, 3.63) is 35.4 Å². The largest absolute Gasteiger partial charge is 0.369 e. The molecule has 0 aliphatic carbocycles. The fourth-order valence-electron chi connectivity index (χ4n) is 1.13. The monoisotopic (exact) mass is 192 g/mol. The molecule has 0 fully saturated rings. The first-order valence-corrected chi connectivity index (χ1v) is 4.51. The summed E-state index contributed by atoms with van der Waals surface area (Å²) in [5.74, 6) is 0.399. The van der Waals surface area contributed by atoms with Crippen molar-refractivity contribution in [1.29, 1.82) is 0 Å². The topological polar surface area (TPSA) is 62.4 Å². The van der Waals surface area contributed by atoms with Gasteiger partial charge < -0.3 is 5.73 Å². The van der Waals surface area contributed by atoms with Gasteiger partial charge in [-0.2, -0.15) is 0 Å². The molecular formula is C10H16N4. The molecule has 0 saturated heterocycles. The van der Waals surface area contributed by atoms with Gasteiger partial charge in [-0.3, -0.25) is 5.43 Å². The van der Waals surface area contributed by atoms with Crippen molar-refractivity contribution in [3.8, 4) is 0 Å². The van der Waals surface area contributed by atoms with Crippen LogP contribution >= 0.6 is 0 Å². The molecule has 1 aromatic rings. The lowest BCUT2D eigenvalue weighted by molar-refractivity contribution is 0.755. The molecule has 4 heteroatoms. The lowest BCUT2D eigenvalue weighted by atomic mass is 10.1. The highest BCUT2D eigenvalue weighted by Crippen LogP contribution is 2.07. The van der Waals surface area contributed by atoms with Crippen LogP contribution in [0.1, 0.15) is 11.1 Å². The first-order chi connectivity index (χ1) is 6.74. The molecule has 0 atom stereocenters. The molecule has 0 aliphatic rings. The molecule has 0 aromatic heterocycles. The third-order valence-corrected chi connectivity index (χ3v) is 1.93. The fourth-order valence-corrected chi connectivity index (χ4v) is 1.13. The van der Waals surface area contributed by atoms with Crippen molar-refractivity contribution >= 4 is 5.96 Å². The molecule has 0 saturated carbocycles. The predicted molar refractivity (Wildman–Crippen MR) is 58.7 cm³/mol. The number of guanidine groups is 1. The first kappa shape index (κ1) is 10.5. The normalized spacial score (nSPS) is 11.4. The van der Waals surface area contributed by atoms with Crippen molar-refractivity contribution in [2.45, 2.75) is 13.5 Å². The van der Waals surface area contributed by atoms with E-state index in [1.807, 2.05) is 18.2 Å². The number of nitrogens with two attached hydrogens (primary N) is 1. The fraction of sp³-hybridized carbons (Fsp3) is 0.300. The summed E-state index contributed by atoms with van der Waals surface area (Å²) in [5.41, 5.74) is 13.4. The summed E-state index contributed by atoms with van der Waals surface area (Å²) in [4.78, 5) is 4.17. The summed E-state index contributed by atoms with van der Waals surface area (Å²) in [5, 5.41) is 0. The molecule has 1 aromatic carbocycles. The van der Waals surface area contributed by atoms with Crippen LogP contribution in [-0.2, 0) is 6.54 Å². The Bertz CT molecular complexity index is 320. The number of rotatable bonds is 3. The predicted octanol–water partition coefficient (Wildman–Crippen LogP) is 0.534. The molecule has 4 nitrogen and oxygen atoms in total. The molecular weight excluding hydrogens is 176 g/mol. The van der Waals surface area contributed by atoms with E-state index in [1.165, 1.54) is 11.1 Å². The van der Waals surface area contributed by atoms with Crippen LogP contribution in [0.5, 0.6) is 0 Å². The van der Waals surface area contributed by atoms with Gasteiger partial charge in [-0.05, 0) is 18.1 Å². The summed E-state index contributed by atoms with van der Waals surface area (Å²) in [6.07, 6.45) is 0. The molecule has 76 valence electrons. The van der Waals surface area contributed by atoms with Crippen LogP contribution in [0.4, 0.5) is 0 Å². The maximum atomic E-state index is 5.56. The molecule has 1 rings (SSSR count). The van der Waals surface area contributed by atoms with Gasteiger partial charge in [-0.1, -0.05) is 24.3 Å². The Morgan fingerprint density at radius 1 is 1.43 bits per heavy atom. The molecule has 0 amide bonds. The van der Waals surface area contributed by atoms with Crippen LogP contribution in [-0.4, -0.2) is 13.0 Å². The van der Waals surface area contributed by atoms with Crippen LogP contribution in [0.15, 0.2) is 29.3 Å². The maximum Gasteiger partial charge on any atom is 0.203 e. The summed E-state index contributed by atoms with van der Waals surface area (Å²) in [6, 6.07) is 8.12. The van der Waals surface area contributed by atoms with Crippen molar-refractivity contribution in [2.75, 3.05) is 7.05 Å². The van der Waals surface area contributed by atoms with Gasteiger partial charge in [-0.15, -0.1) is 0 Å². The Balaban J connectivity index is 2.61. The van der Waals surface area contributed by atoms with Gasteiger partial charge in [0.1, 0.15) is 0 Å². The van der Waals surface area contributed by atoms with Crippen LogP contribution in [0.3, 0.4) is 0 Å². The number of aliphatic imine (C=N–C) groups is 1. The van der Waals surface area contributed by atoms with Crippen LogP contribution in [0.25, 0.3) is 0 Å². The van der Waals surface area contributed by atoms with Crippen LogP contribution in [0, 0.1) is 6.92 Å². The second-order valence-electron chi connectivity index (χ2n) is 3.00. The van der Waals surface area contributed by atoms with Gasteiger partial charge in [0.2, 0.25) is 5.96 Å². The standard InChI is InChI=1S/C10H16N4/c1-8-5-3-4-6-9(8)7-13-10(11)14-12-2/h3-6,12H,7H2,1-2H3,(H3,11,13,14). The van der Waals surface area contributed by atoms with Crippen molar-refractivity contribution in [1.82, 2.24) is 10.9 Å². The SMILES string of the molecule is CNNC(N)=NCc1ccccc1C. The van der Waals surface area contributed by atoms with E-state index in [4.69, 9.17) is 5.73 Å². The Morgan fingerprint density at radius 3 is 2.79 bits per heavy atom. The smallest absolute Gasteiger partial charge is 0.203 e. The van der Waals surface area contributed by atoms with E-state index in [9.17, 15) is 0 Å². The lowest BCUT2D eigenvalue weighted by Gasteiger charge is -2.04. The highest BCUT2D eigenvalue weighted by atomic mass is 15.4. The highest BCUT2D eigenvalue weighted by molar-refractivity contribution is 5.77. The summed E-state index contributed by atoms with van der Waals surface area (Å²) < 4.78 is 0. The van der Waals surface area contributed by atoms with Gasteiger partial charge in [0.25, 0.3) is 0 Å². The number of nitrogens with one attached hydrogen (secondary N) is 2. The number of nitrogens with zero attached hydrogens (tertiary/aromatic N) is 1. The van der Waals surface area contributed by atoms with Gasteiger partial charge in [-0.25, -0.2) is 10.4 Å². The molecule has 0 spiro atoms. The van der Waals surface area contributed by atoms with E-state index in [0.717, 1.165) is 0 Å². The van der Waals surface area contributed by atoms with Gasteiger partial charge in [0.05, 0.1) is 6.54 Å². The molecule has 0 bridgehead atoms. The molecule has 4 N–H and O–H groups in total. The second kappa shape index (κ2) is 5.24. The number of aryl methyl sites for hydroxylation is 1. The lowest BCUT2D eigenvalue weighted by Crippen LogP contribution is -2.40. The zero-order valence-electron chi connectivity index (χ0n) is 8.54. The van der Waals surface area contributed by atoms with E-state index in [2.05, 4.69) is 28.8 Å². The molecule has 0 unspecified atom stereocenters. The minimum atomic E-state index is 0.399. The number of benzene rings is 1. The number of hydrogen-bond acceptors (Lipinski definition) is 2. The highest BCUT2D eigenvalue weighted by Gasteiger charge is 1.95. The Hall–Kier alpha value is -1.55. The molecule has 0 heterocycles. The minimum Gasteiger partial charge on any atom is -0.369 e. The van der Waals surface area contributed by atoms with Gasteiger partial charge >= 0.3 is 0 Å². The zero-order valence-corrected chi connectivity index (χ0v) is 8.54. The van der Waals surface area contributed by atoms with Gasteiger partial charge in [0.15, 0.2) is 0 Å². The summed E-state index contributed by atoms with van der Waals surface area (Å²) in [6.45, 7) is 2.67. The molecule has 0 radical (unpaired) electrons. The average molecular weight is 192 g/mol. The van der Waals surface area contributed by atoms with E-state index >= 15 is 0 Å². The van der Waals surface area contributed by atoms with E-state index in [0.29, 0.717) is 12.5 Å². The quantitative estimate of drug-likeness (QED) is 0.372. The average Bonchev–Trinajstić information content (AvgIpc) is 2.17. The Kier molecular flexibility index (Phi) is 3.94. The van der Waals surface area contributed by atoms with E-state index in [1.54, 1.807) is 7.05 Å². The summed E-state index contributed by atoms with van der Waals surface area (Å²) in [7, 11) is 1.75.